The Bertz CT molecular complexity index is 802. The molecule has 2 N–H and O–H groups in total. The van der Waals surface area contributed by atoms with E-state index in [1.165, 1.54) is 16.5 Å². The van der Waals surface area contributed by atoms with Crippen LogP contribution in [0.1, 0.15) is 22.9 Å². The van der Waals surface area contributed by atoms with Crippen LogP contribution in [0.25, 0.3) is 0 Å². The van der Waals surface area contributed by atoms with E-state index in [0.717, 1.165) is 26.1 Å². The van der Waals surface area contributed by atoms with Crippen molar-refractivity contribution in [3.05, 3.63) is 51.7 Å². The Hall–Kier alpha value is -1.46. The molecule has 2 aromatic rings. The number of alkyl halides is 2. The van der Waals surface area contributed by atoms with Gasteiger partial charge in [-0.05, 0) is 36.4 Å². The first-order valence-corrected chi connectivity index (χ1v) is 10.2. The maximum atomic E-state index is 12.5. The molecule has 0 spiro atoms. The van der Waals surface area contributed by atoms with E-state index in [1.807, 2.05) is 11.3 Å². The van der Waals surface area contributed by atoms with Crippen LogP contribution in [-0.2, 0) is 19.5 Å². The highest BCUT2D eigenvalue weighted by Crippen LogP contribution is 2.25. The maximum Gasteiger partial charge on any atom is 0.387 e. The molecule has 0 saturated heterocycles. The third-order valence-corrected chi connectivity index (χ3v) is 5.91. The fourth-order valence-electron chi connectivity index (χ4n) is 3.28. The monoisotopic (exact) mass is 536 g/mol. The molecule has 0 fully saturated rings. The van der Waals surface area contributed by atoms with Gasteiger partial charge in [0.05, 0.1) is 0 Å². The number of nitrogens with one attached hydrogen (secondary N) is 2. The molecule has 1 aromatic heterocycles. The number of guanidine groups is 1. The predicted molar refractivity (Wildman–Crippen MR) is 125 cm³/mol. The van der Waals surface area contributed by atoms with Gasteiger partial charge in [0, 0.05) is 49.7 Å². The number of nitrogens with zero attached hydrogens (tertiary/aromatic N) is 2. The largest absolute Gasteiger partial charge is 0.434 e. The van der Waals surface area contributed by atoms with Crippen LogP contribution in [0.5, 0.6) is 5.75 Å². The Balaban J connectivity index is 0.00000300. The van der Waals surface area contributed by atoms with Crippen LogP contribution in [0, 0.1) is 0 Å². The van der Waals surface area contributed by atoms with Crippen molar-refractivity contribution in [2.45, 2.75) is 39.1 Å². The Kier molecular flexibility index (Phi) is 9.57. The molecular formula is C20H27F2IN4OS. The van der Waals surface area contributed by atoms with Crippen molar-refractivity contribution in [1.29, 1.82) is 0 Å². The molecule has 3 rings (SSSR count). The lowest BCUT2D eigenvalue weighted by molar-refractivity contribution is -0.0504. The number of hydrogen-bond donors (Lipinski definition) is 2. The predicted octanol–water partition coefficient (Wildman–Crippen LogP) is 4.08. The third kappa shape index (κ3) is 6.78. The zero-order valence-electron chi connectivity index (χ0n) is 16.5. The molecule has 5 nitrogen and oxygen atoms in total. The first kappa shape index (κ1) is 23.8. The van der Waals surface area contributed by atoms with Crippen molar-refractivity contribution in [2.75, 3.05) is 20.1 Å². The molecule has 1 aliphatic heterocycles. The van der Waals surface area contributed by atoms with Gasteiger partial charge < -0.3 is 15.4 Å². The number of para-hydroxylation sites is 1. The van der Waals surface area contributed by atoms with E-state index >= 15 is 0 Å². The van der Waals surface area contributed by atoms with Crippen molar-refractivity contribution < 1.29 is 13.5 Å². The van der Waals surface area contributed by atoms with Gasteiger partial charge in [0.25, 0.3) is 0 Å². The number of rotatable bonds is 7. The summed E-state index contributed by atoms with van der Waals surface area (Å²) in [5, 5.41) is 8.66. The van der Waals surface area contributed by atoms with E-state index in [2.05, 4.69) is 43.6 Å². The molecule has 1 atom stereocenters. The molecule has 0 aliphatic carbocycles. The maximum absolute atomic E-state index is 12.5. The molecule has 0 radical (unpaired) electrons. The summed E-state index contributed by atoms with van der Waals surface area (Å²) in [5.41, 5.74) is 2.08. The molecule has 0 saturated carbocycles. The Morgan fingerprint density at radius 1 is 1.28 bits per heavy atom. The number of halogens is 3. The fourth-order valence-corrected chi connectivity index (χ4v) is 4.17. The second-order valence-electron chi connectivity index (χ2n) is 6.73. The van der Waals surface area contributed by atoms with Gasteiger partial charge in [-0.2, -0.15) is 8.78 Å². The van der Waals surface area contributed by atoms with Gasteiger partial charge in [-0.15, -0.1) is 35.3 Å². The molecular weight excluding hydrogens is 509 g/mol. The summed E-state index contributed by atoms with van der Waals surface area (Å²) in [5.74, 6) is 0.806. The number of fused-ring (bicyclic) bond motifs is 1. The van der Waals surface area contributed by atoms with Crippen molar-refractivity contribution in [3.8, 4) is 5.75 Å². The second kappa shape index (κ2) is 11.7. The summed E-state index contributed by atoms with van der Waals surface area (Å²) < 4.78 is 29.7. The van der Waals surface area contributed by atoms with Crippen molar-refractivity contribution >= 4 is 41.3 Å². The summed E-state index contributed by atoms with van der Waals surface area (Å²) in [6.45, 7) is 2.48. The van der Waals surface area contributed by atoms with Gasteiger partial charge in [0.1, 0.15) is 5.75 Å². The lowest BCUT2D eigenvalue weighted by Crippen LogP contribution is -2.47. The SMILES string of the molecule is CN=C(NCc1ccccc1OC(F)F)NCC(C)N1CCc2sccc2C1.I. The summed E-state index contributed by atoms with van der Waals surface area (Å²) in [4.78, 5) is 8.19. The molecule has 9 heteroatoms. The highest BCUT2D eigenvalue weighted by atomic mass is 127. The molecule has 1 aromatic carbocycles. The van der Waals surface area contributed by atoms with E-state index in [0.29, 0.717) is 24.1 Å². The van der Waals surface area contributed by atoms with E-state index in [1.54, 1.807) is 25.2 Å². The molecule has 1 aliphatic rings. The number of hydrogen-bond acceptors (Lipinski definition) is 4. The van der Waals surface area contributed by atoms with Gasteiger partial charge in [0.2, 0.25) is 0 Å². The summed E-state index contributed by atoms with van der Waals surface area (Å²) >= 11 is 1.84. The number of ether oxygens (including phenoxy) is 1. The van der Waals surface area contributed by atoms with E-state index in [4.69, 9.17) is 0 Å². The molecule has 0 amide bonds. The third-order valence-electron chi connectivity index (χ3n) is 4.88. The average Bonchev–Trinajstić information content (AvgIpc) is 3.16. The van der Waals surface area contributed by atoms with Crippen LogP contribution >= 0.6 is 35.3 Å². The minimum absolute atomic E-state index is 0. The van der Waals surface area contributed by atoms with Gasteiger partial charge in [0.15, 0.2) is 5.96 Å². The van der Waals surface area contributed by atoms with Crippen LogP contribution in [-0.4, -0.2) is 43.6 Å². The quantitative estimate of drug-likeness (QED) is 0.318. The lowest BCUT2D eigenvalue weighted by atomic mass is 10.1. The van der Waals surface area contributed by atoms with Crippen molar-refractivity contribution in [1.82, 2.24) is 15.5 Å². The van der Waals surface area contributed by atoms with Crippen LogP contribution in [0.15, 0.2) is 40.7 Å². The van der Waals surface area contributed by atoms with Crippen LogP contribution in [0.2, 0.25) is 0 Å². The Morgan fingerprint density at radius 3 is 2.83 bits per heavy atom. The smallest absolute Gasteiger partial charge is 0.387 e. The number of benzene rings is 1. The summed E-state index contributed by atoms with van der Waals surface area (Å²) in [6, 6.07) is 9.33. The van der Waals surface area contributed by atoms with E-state index in [-0.39, 0.29) is 29.7 Å². The Labute approximate surface area is 191 Å². The molecule has 2 heterocycles. The molecule has 0 bridgehead atoms. The van der Waals surface area contributed by atoms with Crippen LogP contribution in [0.3, 0.4) is 0 Å². The minimum atomic E-state index is -2.84. The zero-order valence-corrected chi connectivity index (χ0v) is 19.7. The minimum Gasteiger partial charge on any atom is -0.434 e. The van der Waals surface area contributed by atoms with Crippen LogP contribution < -0.4 is 15.4 Å². The molecule has 29 heavy (non-hydrogen) atoms. The van der Waals surface area contributed by atoms with Gasteiger partial charge in [-0.1, -0.05) is 18.2 Å². The Morgan fingerprint density at radius 2 is 2.07 bits per heavy atom. The summed E-state index contributed by atoms with van der Waals surface area (Å²) in [7, 11) is 1.69. The number of thiophene rings is 1. The number of aliphatic imine (C=N–C) groups is 1. The normalized spacial score (nSPS) is 15.4. The summed E-state index contributed by atoms with van der Waals surface area (Å²) in [6.07, 6.45) is 1.10. The standard InChI is InChI=1S/C20H26F2N4OS.HI/c1-14(26-9-7-18-16(13-26)8-10-28-18)11-24-20(23-2)25-12-15-5-3-4-6-17(15)27-19(21)22;/h3-6,8,10,14,19H,7,9,11-13H2,1-2H3,(H2,23,24,25);1H. The first-order valence-electron chi connectivity index (χ1n) is 9.33. The average molecular weight is 536 g/mol. The van der Waals surface area contributed by atoms with E-state index < -0.39 is 6.61 Å². The molecule has 160 valence electrons. The highest BCUT2D eigenvalue weighted by molar-refractivity contribution is 14.0. The van der Waals surface area contributed by atoms with Crippen molar-refractivity contribution in [2.24, 2.45) is 4.99 Å². The molecule has 1 unspecified atom stereocenters. The second-order valence-corrected chi connectivity index (χ2v) is 7.73. The van der Waals surface area contributed by atoms with Gasteiger partial charge in [-0.25, -0.2) is 0 Å². The highest BCUT2D eigenvalue weighted by Gasteiger charge is 2.21. The van der Waals surface area contributed by atoms with Gasteiger partial charge in [-0.3, -0.25) is 9.89 Å². The lowest BCUT2D eigenvalue weighted by Gasteiger charge is -2.32. The first-order chi connectivity index (χ1) is 13.6. The topological polar surface area (TPSA) is 48.9 Å². The van der Waals surface area contributed by atoms with Gasteiger partial charge >= 0.3 is 6.61 Å². The van der Waals surface area contributed by atoms with E-state index in [9.17, 15) is 8.78 Å². The fraction of sp³-hybridized carbons (Fsp3) is 0.450. The van der Waals surface area contributed by atoms with Crippen molar-refractivity contribution in [3.63, 3.8) is 0 Å². The zero-order chi connectivity index (χ0) is 19.9. The van der Waals surface area contributed by atoms with Crippen LogP contribution in [0.4, 0.5) is 8.78 Å².